The Hall–Kier alpha value is -0.770. The van der Waals surface area contributed by atoms with Crippen molar-refractivity contribution in [3.63, 3.8) is 0 Å². The molecule has 0 aliphatic carbocycles. The number of nitrogens with two attached hydrogens (primary N) is 1. The number of rotatable bonds is 6. The van der Waals surface area contributed by atoms with Crippen molar-refractivity contribution in [3.05, 3.63) is 28.2 Å². The molecule has 0 aliphatic rings. The number of halogens is 2. The smallest absolute Gasteiger partial charge is 0.224 e. The van der Waals surface area contributed by atoms with E-state index in [4.69, 9.17) is 28.9 Å². The third-order valence-corrected chi connectivity index (χ3v) is 3.47. The molecule has 0 bridgehead atoms. The zero-order valence-electron chi connectivity index (χ0n) is 11.2. The summed E-state index contributed by atoms with van der Waals surface area (Å²) in [4.78, 5) is 12.0. The molecule has 19 heavy (non-hydrogen) atoms. The summed E-state index contributed by atoms with van der Waals surface area (Å²) < 4.78 is 0. The molecule has 0 heterocycles. The van der Waals surface area contributed by atoms with Gasteiger partial charge < -0.3 is 11.1 Å². The summed E-state index contributed by atoms with van der Waals surface area (Å²) in [5, 5.41) is 3.64. The van der Waals surface area contributed by atoms with Crippen molar-refractivity contribution < 1.29 is 4.79 Å². The number of hydrogen-bond donors (Lipinski definition) is 2. The molecule has 3 nitrogen and oxygen atoms in total. The molecule has 0 unspecified atom stereocenters. The van der Waals surface area contributed by atoms with Crippen molar-refractivity contribution in [1.82, 2.24) is 0 Å². The zero-order valence-corrected chi connectivity index (χ0v) is 12.8. The molecule has 1 aromatic carbocycles. The van der Waals surface area contributed by atoms with Crippen LogP contribution < -0.4 is 11.1 Å². The van der Waals surface area contributed by atoms with Crippen LogP contribution in [0.4, 0.5) is 5.69 Å². The molecule has 0 saturated carbocycles. The van der Waals surface area contributed by atoms with E-state index in [9.17, 15) is 4.79 Å². The predicted molar refractivity (Wildman–Crippen MR) is 81.7 cm³/mol. The third kappa shape index (κ3) is 5.39. The minimum atomic E-state index is -0.105. The molecule has 1 aromatic rings. The first-order valence-electron chi connectivity index (χ1n) is 6.38. The Bertz CT molecular complexity index is 415. The van der Waals surface area contributed by atoms with Crippen LogP contribution in [0.25, 0.3) is 0 Å². The van der Waals surface area contributed by atoms with Gasteiger partial charge in [0.2, 0.25) is 5.91 Å². The summed E-state index contributed by atoms with van der Waals surface area (Å²) in [6, 6.07) is 5.12. The van der Waals surface area contributed by atoms with Crippen LogP contribution in [-0.2, 0) is 4.79 Å². The maximum absolute atomic E-state index is 12.0. The Balaban J connectivity index is 2.64. The van der Waals surface area contributed by atoms with Crippen LogP contribution in [0.5, 0.6) is 0 Å². The van der Waals surface area contributed by atoms with Gasteiger partial charge in [-0.25, -0.2) is 0 Å². The van der Waals surface area contributed by atoms with Crippen molar-refractivity contribution >= 4 is 34.8 Å². The lowest BCUT2D eigenvalue weighted by atomic mass is 9.94. The van der Waals surface area contributed by atoms with E-state index in [-0.39, 0.29) is 11.8 Å². The third-order valence-electron chi connectivity index (χ3n) is 2.84. The van der Waals surface area contributed by atoms with Gasteiger partial charge in [0.05, 0.1) is 15.7 Å². The second-order valence-electron chi connectivity index (χ2n) is 5.08. The predicted octanol–water partition coefficient (Wildman–Crippen LogP) is 3.94. The van der Waals surface area contributed by atoms with Crippen LogP contribution in [-0.4, -0.2) is 12.5 Å². The SMILES string of the molecule is CC(C)C[C@H](CN)CC(=O)Nc1c(Cl)cccc1Cl. The number of amides is 1. The Morgan fingerprint density at radius 1 is 1.32 bits per heavy atom. The van der Waals surface area contributed by atoms with Gasteiger partial charge in [0.1, 0.15) is 0 Å². The molecule has 0 spiro atoms. The maximum atomic E-state index is 12.0. The van der Waals surface area contributed by atoms with Crippen LogP contribution in [0.1, 0.15) is 26.7 Å². The summed E-state index contributed by atoms with van der Waals surface area (Å²) in [6.07, 6.45) is 1.32. The number of para-hydroxylation sites is 1. The van der Waals surface area contributed by atoms with E-state index in [1.165, 1.54) is 0 Å². The van der Waals surface area contributed by atoms with E-state index in [0.717, 1.165) is 6.42 Å². The van der Waals surface area contributed by atoms with Crippen LogP contribution >= 0.6 is 23.2 Å². The van der Waals surface area contributed by atoms with E-state index >= 15 is 0 Å². The minimum absolute atomic E-state index is 0.105. The van der Waals surface area contributed by atoms with Crippen molar-refractivity contribution in [2.24, 2.45) is 17.6 Å². The normalized spacial score (nSPS) is 12.5. The fourth-order valence-electron chi connectivity index (χ4n) is 2.00. The van der Waals surface area contributed by atoms with Crippen LogP contribution in [0.3, 0.4) is 0 Å². The van der Waals surface area contributed by atoms with E-state index in [2.05, 4.69) is 19.2 Å². The highest BCUT2D eigenvalue weighted by Crippen LogP contribution is 2.30. The molecule has 5 heteroatoms. The molecule has 0 radical (unpaired) electrons. The fraction of sp³-hybridized carbons (Fsp3) is 0.500. The second kappa shape index (κ2) is 7.73. The van der Waals surface area contributed by atoms with Gasteiger partial charge >= 0.3 is 0 Å². The number of benzene rings is 1. The Morgan fingerprint density at radius 3 is 2.37 bits per heavy atom. The Kier molecular flexibility index (Phi) is 6.63. The number of hydrogen-bond acceptors (Lipinski definition) is 2. The molecule has 3 N–H and O–H groups in total. The number of carbonyl (C=O) groups excluding carboxylic acids is 1. The molecule has 1 amide bonds. The zero-order chi connectivity index (χ0) is 14.4. The molecule has 0 aliphatic heterocycles. The Morgan fingerprint density at radius 2 is 1.89 bits per heavy atom. The van der Waals surface area contributed by atoms with Gasteiger partial charge in [-0.1, -0.05) is 43.1 Å². The molecule has 1 atom stereocenters. The van der Waals surface area contributed by atoms with Gasteiger partial charge in [-0.3, -0.25) is 4.79 Å². The first-order chi connectivity index (χ1) is 8.93. The number of carbonyl (C=O) groups is 1. The van der Waals surface area contributed by atoms with E-state index in [1.807, 2.05) is 0 Å². The van der Waals surface area contributed by atoms with Gasteiger partial charge in [0.15, 0.2) is 0 Å². The highest BCUT2D eigenvalue weighted by atomic mass is 35.5. The van der Waals surface area contributed by atoms with E-state index in [1.54, 1.807) is 18.2 Å². The van der Waals surface area contributed by atoms with E-state index in [0.29, 0.717) is 34.6 Å². The van der Waals surface area contributed by atoms with E-state index < -0.39 is 0 Å². The highest BCUT2D eigenvalue weighted by molar-refractivity contribution is 6.39. The topological polar surface area (TPSA) is 55.1 Å². The van der Waals surface area contributed by atoms with Gasteiger partial charge in [-0.15, -0.1) is 0 Å². The maximum Gasteiger partial charge on any atom is 0.224 e. The summed E-state index contributed by atoms with van der Waals surface area (Å²) in [5.41, 5.74) is 6.16. The fourth-order valence-corrected chi connectivity index (χ4v) is 2.49. The first-order valence-corrected chi connectivity index (χ1v) is 7.13. The van der Waals surface area contributed by atoms with Gasteiger partial charge in [0.25, 0.3) is 0 Å². The molecule has 0 aromatic heterocycles. The minimum Gasteiger partial charge on any atom is -0.330 e. The van der Waals surface area contributed by atoms with Crippen molar-refractivity contribution in [1.29, 1.82) is 0 Å². The molecule has 0 fully saturated rings. The number of nitrogens with one attached hydrogen (secondary N) is 1. The van der Waals surface area contributed by atoms with Gasteiger partial charge in [0, 0.05) is 6.42 Å². The van der Waals surface area contributed by atoms with Crippen LogP contribution in [0.15, 0.2) is 18.2 Å². The standard InChI is InChI=1S/C14H20Cl2N2O/c1-9(2)6-10(8-17)7-13(19)18-14-11(15)4-3-5-12(14)16/h3-5,9-10H,6-8,17H2,1-2H3,(H,18,19)/t10-/m0/s1. The summed E-state index contributed by atoms with van der Waals surface area (Å²) in [7, 11) is 0. The van der Waals surface area contributed by atoms with Gasteiger partial charge in [-0.05, 0) is 36.9 Å². The van der Waals surface area contributed by atoms with Gasteiger partial charge in [-0.2, -0.15) is 0 Å². The lowest BCUT2D eigenvalue weighted by molar-refractivity contribution is -0.117. The number of anilines is 1. The van der Waals surface area contributed by atoms with Crippen molar-refractivity contribution in [2.45, 2.75) is 26.7 Å². The lowest BCUT2D eigenvalue weighted by Gasteiger charge is -2.17. The van der Waals surface area contributed by atoms with Crippen molar-refractivity contribution in [2.75, 3.05) is 11.9 Å². The van der Waals surface area contributed by atoms with Crippen molar-refractivity contribution in [3.8, 4) is 0 Å². The quantitative estimate of drug-likeness (QED) is 0.836. The summed E-state index contributed by atoms with van der Waals surface area (Å²) in [6.45, 7) is 4.73. The molecule has 0 saturated heterocycles. The Labute approximate surface area is 124 Å². The lowest BCUT2D eigenvalue weighted by Crippen LogP contribution is -2.23. The molecule has 1 rings (SSSR count). The highest BCUT2D eigenvalue weighted by Gasteiger charge is 2.16. The average Bonchev–Trinajstić information content (AvgIpc) is 2.32. The first kappa shape index (κ1) is 16.3. The monoisotopic (exact) mass is 302 g/mol. The second-order valence-corrected chi connectivity index (χ2v) is 5.89. The molecular formula is C14H20Cl2N2O. The molecule has 106 valence electrons. The summed E-state index contributed by atoms with van der Waals surface area (Å²) >= 11 is 12.0. The molecular weight excluding hydrogens is 283 g/mol. The summed E-state index contributed by atoms with van der Waals surface area (Å²) in [5.74, 6) is 0.595. The largest absolute Gasteiger partial charge is 0.330 e. The van der Waals surface area contributed by atoms with Crippen LogP contribution in [0.2, 0.25) is 10.0 Å². The average molecular weight is 303 g/mol. The van der Waals surface area contributed by atoms with Crippen LogP contribution in [0, 0.1) is 11.8 Å².